The second-order valence-electron chi connectivity index (χ2n) is 6.52. The van der Waals surface area contributed by atoms with Gasteiger partial charge in [0.1, 0.15) is 11.9 Å². The van der Waals surface area contributed by atoms with Crippen molar-refractivity contribution in [2.24, 2.45) is 0 Å². The van der Waals surface area contributed by atoms with E-state index in [2.05, 4.69) is 5.32 Å². The lowest BCUT2D eigenvalue weighted by atomic mass is 10.0. The van der Waals surface area contributed by atoms with Crippen LogP contribution in [-0.4, -0.2) is 34.5 Å². The molecule has 2 aromatic rings. The molecule has 0 fully saturated rings. The molecule has 26 heavy (non-hydrogen) atoms. The van der Waals surface area contributed by atoms with Gasteiger partial charge in [-0.05, 0) is 42.7 Å². The van der Waals surface area contributed by atoms with Crippen molar-refractivity contribution in [2.75, 3.05) is 6.61 Å². The van der Waals surface area contributed by atoms with Crippen LogP contribution in [0.15, 0.2) is 42.5 Å². The highest BCUT2D eigenvalue weighted by molar-refractivity contribution is 6.01. The van der Waals surface area contributed by atoms with Crippen LogP contribution in [0.2, 0.25) is 0 Å². The predicted molar refractivity (Wildman–Crippen MR) is 94.9 cm³/mol. The number of hydrogen-bond acceptors (Lipinski definition) is 3. The summed E-state index contributed by atoms with van der Waals surface area (Å²) in [6.07, 6.45) is 0. The fourth-order valence-electron chi connectivity index (χ4n) is 3.14. The summed E-state index contributed by atoms with van der Waals surface area (Å²) in [5.74, 6) is -0.890. The Balaban J connectivity index is 1.72. The summed E-state index contributed by atoms with van der Waals surface area (Å²) in [7, 11) is 0. The van der Waals surface area contributed by atoms with Crippen LogP contribution in [0.25, 0.3) is 0 Å². The van der Waals surface area contributed by atoms with Gasteiger partial charge in [0.15, 0.2) is 0 Å². The minimum Gasteiger partial charge on any atom is -0.394 e. The standard InChI is InChI=1S/C20H21FN2O3/c1-12-9-14(7-8-17(12)21)18(11-24)22-19(25)13(2)23-10-15-5-3-4-6-16(15)20(23)26/h3-9,13,18,24H,10-11H2,1-2H3,(H,22,25)/t13?,18-/m1/s1. The molecule has 1 aliphatic rings. The highest BCUT2D eigenvalue weighted by Gasteiger charge is 2.34. The number of aliphatic hydroxyl groups is 1. The van der Waals surface area contributed by atoms with Gasteiger partial charge in [-0.2, -0.15) is 0 Å². The van der Waals surface area contributed by atoms with E-state index in [1.807, 2.05) is 12.1 Å². The molecule has 1 aliphatic heterocycles. The lowest BCUT2D eigenvalue weighted by molar-refractivity contribution is -0.126. The van der Waals surface area contributed by atoms with Crippen LogP contribution in [0.1, 0.15) is 40.0 Å². The highest BCUT2D eigenvalue weighted by Crippen LogP contribution is 2.25. The molecule has 0 saturated heterocycles. The zero-order valence-electron chi connectivity index (χ0n) is 14.7. The number of aryl methyl sites for hydroxylation is 1. The van der Waals surface area contributed by atoms with Gasteiger partial charge in [-0.3, -0.25) is 9.59 Å². The third-order valence-corrected chi connectivity index (χ3v) is 4.78. The second kappa shape index (κ2) is 7.25. The third kappa shape index (κ3) is 3.32. The largest absolute Gasteiger partial charge is 0.394 e. The number of nitrogens with one attached hydrogen (secondary N) is 1. The Morgan fingerprint density at radius 1 is 1.31 bits per heavy atom. The van der Waals surface area contributed by atoms with Crippen LogP contribution in [0.5, 0.6) is 0 Å². The van der Waals surface area contributed by atoms with Gasteiger partial charge in [-0.1, -0.05) is 30.3 Å². The number of carbonyl (C=O) groups excluding carboxylic acids is 2. The number of aliphatic hydroxyl groups excluding tert-OH is 1. The van der Waals surface area contributed by atoms with Crippen molar-refractivity contribution in [3.63, 3.8) is 0 Å². The van der Waals surface area contributed by atoms with Crippen molar-refractivity contribution >= 4 is 11.8 Å². The highest BCUT2D eigenvalue weighted by atomic mass is 19.1. The minimum absolute atomic E-state index is 0.179. The van der Waals surface area contributed by atoms with Crippen molar-refractivity contribution in [3.05, 3.63) is 70.5 Å². The monoisotopic (exact) mass is 356 g/mol. The number of hydrogen-bond donors (Lipinski definition) is 2. The Hall–Kier alpha value is -2.73. The summed E-state index contributed by atoms with van der Waals surface area (Å²) < 4.78 is 13.4. The van der Waals surface area contributed by atoms with E-state index in [-0.39, 0.29) is 24.2 Å². The number of nitrogens with zero attached hydrogens (tertiary/aromatic N) is 1. The molecule has 3 rings (SSSR count). The number of benzene rings is 2. The van der Waals surface area contributed by atoms with Gasteiger partial charge in [-0.25, -0.2) is 4.39 Å². The summed E-state index contributed by atoms with van der Waals surface area (Å²) in [6.45, 7) is 3.34. The van der Waals surface area contributed by atoms with Gasteiger partial charge >= 0.3 is 0 Å². The van der Waals surface area contributed by atoms with Gasteiger partial charge in [0.2, 0.25) is 5.91 Å². The smallest absolute Gasteiger partial charge is 0.255 e. The quantitative estimate of drug-likeness (QED) is 0.864. The molecule has 0 aromatic heterocycles. The van der Waals surface area contributed by atoms with Gasteiger partial charge < -0.3 is 15.3 Å². The van der Waals surface area contributed by atoms with Crippen LogP contribution >= 0.6 is 0 Å². The van der Waals surface area contributed by atoms with Crippen molar-refractivity contribution in [1.29, 1.82) is 0 Å². The van der Waals surface area contributed by atoms with Gasteiger partial charge in [-0.15, -0.1) is 0 Å². The molecule has 0 spiro atoms. The molecule has 0 saturated carbocycles. The van der Waals surface area contributed by atoms with Crippen LogP contribution in [0, 0.1) is 12.7 Å². The molecule has 0 bridgehead atoms. The van der Waals surface area contributed by atoms with Crippen molar-refractivity contribution in [1.82, 2.24) is 10.2 Å². The fourth-order valence-corrected chi connectivity index (χ4v) is 3.14. The van der Waals surface area contributed by atoms with E-state index in [0.717, 1.165) is 5.56 Å². The average Bonchev–Trinajstić information content (AvgIpc) is 2.98. The molecule has 6 heteroatoms. The molecule has 5 nitrogen and oxygen atoms in total. The first kappa shape index (κ1) is 18.1. The molecule has 2 aromatic carbocycles. The van der Waals surface area contributed by atoms with Crippen LogP contribution in [0.4, 0.5) is 4.39 Å². The van der Waals surface area contributed by atoms with Gasteiger partial charge in [0, 0.05) is 12.1 Å². The van der Waals surface area contributed by atoms with Crippen molar-refractivity contribution in [2.45, 2.75) is 32.5 Å². The lowest BCUT2D eigenvalue weighted by Crippen LogP contribution is -2.46. The van der Waals surface area contributed by atoms with E-state index in [9.17, 15) is 19.1 Å². The van der Waals surface area contributed by atoms with Crippen molar-refractivity contribution in [3.8, 4) is 0 Å². The third-order valence-electron chi connectivity index (χ3n) is 4.78. The van der Waals surface area contributed by atoms with E-state index in [1.54, 1.807) is 32.0 Å². The predicted octanol–water partition coefficient (Wildman–Crippen LogP) is 2.33. The summed E-state index contributed by atoms with van der Waals surface area (Å²) in [5.41, 5.74) is 2.56. The molecule has 0 radical (unpaired) electrons. The van der Waals surface area contributed by atoms with E-state index in [1.165, 1.54) is 17.0 Å². The van der Waals surface area contributed by atoms with Crippen molar-refractivity contribution < 1.29 is 19.1 Å². The maximum absolute atomic E-state index is 13.4. The number of fused-ring (bicyclic) bond motifs is 1. The second-order valence-corrected chi connectivity index (χ2v) is 6.52. The molecule has 1 unspecified atom stereocenters. The number of amides is 2. The van der Waals surface area contributed by atoms with E-state index in [0.29, 0.717) is 23.2 Å². The Kier molecular flexibility index (Phi) is 5.04. The first-order valence-corrected chi connectivity index (χ1v) is 8.48. The summed E-state index contributed by atoms with van der Waals surface area (Å²) in [5, 5.41) is 12.4. The molecule has 2 amide bonds. The maximum Gasteiger partial charge on any atom is 0.255 e. The first-order valence-electron chi connectivity index (χ1n) is 8.48. The molecule has 136 valence electrons. The maximum atomic E-state index is 13.4. The fraction of sp³-hybridized carbons (Fsp3) is 0.300. The lowest BCUT2D eigenvalue weighted by Gasteiger charge is -2.26. The Morgan fingerprint density at radius 2 is 2.04 bits per heavy atom. The van der Waals surface area contributed by atoms with Crippen LogP contribution in [-0.2, 0) is 11.3 Å². The molecule has 2 atom stereocenters. The van der Waals surface area contributed by atoms with E-state index >= 15 is 0 Å². The zero-order chi connectivity index (χ0) is 18.8. The molecular formula is C20H21FN2O3. The minimum atomic E-state index is -0.689. The van der Waals surface area contributed by atoms with Gasteiger partial charge in [0.25, 0.3) is 5.91 Å². The first-order chi connectivity index (χ1) is 12.4. The number of carbonyl (C=O) groups is 2. The SMILES string of the molecule is Cc1cc([C@@H](CO)NC(=O)C(C)N2Cc3ccccc3C2=O)ccc1F. The molecule has 0 aliphatic carbocycles. The Bertz CT molecular complexity index is 853. The molecule has 2 N–H and O–H groups in total. The summed E-state index contributed by atoms with van der Waals surface area (Å²) in [6, 6.07) is 10.4. The topological polar surface area (TPSA) is 69.6 Å². The summed E-state index contributed by atoms with van der Waals surface area (Å²) >= 11 is 0. The number of halogens is 1. The molecule has 1 heterocycles. The number of rotatable bonds is 5. The van der Waals surface area contributed by atoms with Crippen LogP contribution < -0.4 is 5.32 Å². The Morgan fingerprint density at radius 3 is 2.69 bits per heavy atom. The van der Waals surface area contributed by atoms with E-state index < -0.39 is 12.1 Å². The average molecular weight is 356 g/mol. The van der Waals surface area contributed by atoms with Gasteiger partial charge in [0.05, 0.1) is 12.6 Å². The Labute approximate surface area is 151 Å². The van der Waals surface area contributed by atoms with E-state index in [4.69, 9.17) is 0 Å². The summed E-state index contributed by atoms with van der Waals surface area (Å²) in [4.78, 5) is 26.6. The molecular weight excluding hydrogens is 335 g/mol. The van der Waals surface area contributed by atoms with Crippen LogP contribution in [0.3, 0.4) is 0 Å². The normalized spacial score (nSPS) is 15.5. The zero-order valence-corrected chi connectivity index (χ0v) is 14.7.